The van der Waals surface area contributed by atoms with Crippen molar-refractivity contribution in [2.75, 3.05) is 13.1 Å². The number of hydrogen-bond donors (Lipinski definition) is 0. The molecule has 0 spiro atoms. The SMILES string of the molecule is CC(C)C1CCN(C(=O)C2CC(F)(F)C2)CC1. The van der Waals surface area contributed by atoms with Gasteiger partial charge in [-0.05, 0) is 24.7 Å². The highest BCUT2D eigenvalue weighted by molar-refractivity contribution is 5.80. The molecule has 1 heterocycles. The minimum atomic E-state index is -2.59. The largest absolute Gasteiger partial charge is 0.342 e. The molecule has 1 aliphatic carbocycles. The number of hydrogen-bond acceptors (Lipinski definition) is 1. The lowest BCUT2D eigenvalue weighted by Gasteiger charge is -2.40. The first-order valence-electron chi connectivity index (χ1n) is 6.55. The van der Waals surface area contributed by atoms with Crippen molar-refractivity contribution in [1.82, 2.24) is 4.90 Å². The van der Waals surface area contributed by atoms with Gasteiger partial charge >= 0.3 is 0 Å². The summed E-state index contributed by atoms with van der Waals surface area (Å²) in [5.41, 5.74) is 0. The molecule has 4 heteroatoms. The van der Waals surface area contributed by atoms with Gasteiger partial charge in [-0.25, -0.2) is 8.78 Å². The Morgan fingerprint density at radius 3 is 2.18 bits per heavy atom. The Kier molecular flexibility index (Phi) is 3.41. The van der Waals surface area contributed by atoms with Crippen LogP contribution >= 0.6 is 0 Å². The van der Waals surface area contributed by atoms with Crippen LogP contribution in [0.5, 0.6) is 0 Å². The van der Waals surface area contributed by atoms with Crippen LogP contribution in [0.2, 0.25) is 0 Å². The monoisotopic (exact) mass is 245 g/mol. The summed E-state index contributed by atoms with van der Waals surface area (Å²) in [6, 6.07) is 0. The van der Waals surface area contributed by atoms with Crippen LogP contribution in [0.4, 0.5) is 8.78 Å². The first-order valence-corrected chi connectivity index (χ1v) is 6.55. The second-order valence-corrected chi connectivity index (χ2v) is 5.87. The molecule has 1 amide bonds. The molecule has 0 aromatic heterocycles. The Hall–Kier alpha value is -0.670. The topological polar surface area (TPSA) is 20.3 Å². The Morgan fingerprint density at radius 2 is 1.76 bits per heavy atom. The molecule has 1 saturated heterocycles. The molecule has 0 aromatic carbocycles. The van der Waals surface area contributed by atoms with Crippen molar-refractivity contribution in [3.8, 4) is 0 Å². The zero-order valence-electron chi connectivity index (χ0n) is 10.6. The van der Waals surface area contributed by atoms with E-state index in [9.17, 15) is 13.6 Å². The highest BCUT2D eigenvalue weighted by atomic mass is 19.3. The molecule has 2 aliphatic rings. The van der Waals surface area contributed by atoms with Crippen molar-refractivity contribution in [3.05, 3.63) is 0 Å². The third-order valence-electron chi connectivity index (χ3n) is 4.23. The van der Waals surface area contributed by atoms with Gasteiger partial charge in [0.1, 0.15) is 0 Å². The van der Waals surface area contributed by atoms with Gasteiger partial charge in [0.25, 0.3) is 0 Å². The molecule has 0 unspecified atom stereocenters. The second-order valence-electron chi connectivity index (χ2n) is 5.87. The average molecular weight is 245 g/mol. The van der Waals surface area contributed by atoms with Gasteiger partial charge < -0.3 is 4.90 Å². The van der Waals surface area contributed by atoms with Gasteiger partial charge in [0.2, 0.25) is 11.8 Å². The van der Waals surface area contributed by atoms with Crippen LogP contribution in [-0.4, -0.2) is 29.8 Å². The molecule has 2 nitrogen and oxygen atoms in total. The Bertz CT molecular complexity index is 288. The van der Waals surface area contributed by atoms with Gasteiger partial charge in [-0.3, -0.25) is 4.79 Å². The lowest BCUT2D eigenvalue weighted by molar-refractivity contribution is -0.161. The van der Waals surface area contributed by atoms with Gasteiger partial charge in [0.05, 0.1) is 0 Å². The number of carbonyl (C=O) groups excluding carboxylic acids is 1. The van der Waals surface area contributed by atoms with Crippen LogP contribution < -0.4 is 0 Å². The molecule has 1 saturated carbocycles. The van der Waals surface area contributed by atoms with E-state index in [1.54, 1.807) is 4.90 Å². The van der Waals surface area contributed by atoms with Crippen LogP contribution in [0.15, 0.2) is 0 Å². The Labute approximate surface area is 101 Å². The van der Waals surface area contributed by atoms with E-state index in [0.717, 1.165) is 25.9 Å². The standard InChI is InChI=1S/C13H21F2NO/c1-9(2)10-3-5-16(6-4-10)12(17)11-7-13(14,15)8-11/h9-11H,3-8H2,1-2H3. The molecular weight excluding hydrogens is 224 g/mol. The lowest BCUT2D eigenvalue weighted by Crippen LogP contribution is -2.49. The molecule has 2 fully saturated rings. The third kappa shape index (κ3) is 2.78. The third-order valence-corrected chi connectivity index (χ3v) is 4.23. The van der Waals surface area contributed by atoms with Gasteiger partial charge in [-0.2, -0.15) is 0 Å². The number of likely N-dealkylation sites (tertiary alicyclic amines) is 1. The van der Waals surface area contributed by atoms with Crippen LogP contribution in [0, 0.1) is 17.8 Å². The second kappa shape index (κ2) is 4.54. The number of alkyl halides is 2. The predicted octanol–water partition coefficient (Wildman–Crippen LogP) is 2.93. The lowest BCUT2D eigenvalue weighted by atomic mass is 9.79. The zero-order chi connectivity index (χ0) is 12.6. The quantitative estimate of drug-likeness (QED) is 0.732. The minimum absolute atomic E-state index is 0.0434. The fourth-order valence-electron chi connectivity index (χ4n) is 2.88. The average Bonchev–Trinajstić information content (AvgIpc) is 2.25. The van der Waals surface area contributed by atoms with E-state index >= 15 is 0 Å². The van der Waals surface area contributed by atoms with Crippen molar-refractivity contribution in [3.63, 3.8) is 0 Å². The van der Waals surface area contributed by atoms with Gasteiger partial charge in [-0.1, -0.05) is 13.8 Å². The van der Waals surface area contributed by atoms with Crippen LogP contribution in [0.1, 0.15) is 39.5 Å². The fraction of sp³-hybridized carbons (Fsp3) is 0.923. The van der Waals surface area contributed by atoms with Crippen molar-refractivity contribution >= 4 is 5.91 Å². The molecular formula is C13H21F2NO. The summed E-state index contributed by atoms with van der Waals surface area (Å²) in [7, 11) is 0. The summed E-state index contributed by atoms with van der Waals surface area (Å²) in [5, 5.41) is 0. The first-order chi connectivity index (χ1) is 7.89. The van der Waals surface area contributed by atoms with E-state index in [2.05, 4.69) is 13.8 Å². The molecule has 17 heavy (non-hydrogen) atoms. The number of nitrogens with zero attached hydrogens (tertiary/aromatic N) is 1. The summed E-state index contributed by atoms with van der Waals surface area (Å²) >= 11 is 0. The van der Waals surface area contributed by atoms with E-state index in [1.807, 2.05) is 0 Å². The molecule has 2 rings (SSSR count). The number of halogens is 2. The normalized spacial score (nSPS) is 26.1. The number of amides is 1. The highest BCUT2D eigenvalue weighted by Gasteiger charge is 2.49. The van der Waals surface area contributed by atoms with Crippen molar-refractivity contribution in [2.45, 2.75) is 45.5 Å². The predicted molar refractivity (Wildman–Crippen MR) is 61.8 cm³/mol. The van der Waals surface area contributed by atoms with Crippen molar-refractivity contribution in [2.24, 2.45) is 17.8 Å². The van der Waals surface area contributed by atoms with Crippen LogP contribution in [0.25, 0.3) is 0 Å². The van der Waals surface area contributed by atoms with E-state index in [-0.39, 0.29) is 18.7 Å². The molecule has 98 valence electrons. The summed E-state index contributed by atoms with van der Waals surface area (Å²) < 4.78 is 25.4. The minimum Gasteiger partial charge on any atom is -0.342 e. The van der Waals surface area contributed by atoms with E-state index in [1.165, 1.54) is 0 Å². The molecule has 1 aliphatic heterocycles. The maximum Gasteiger partial charge on any atom is 0.249 e. The molecule has 0 aromatic rings. The molecule has 0 bridgehead atoms. The zero-order valence-corrected chi connectivity index (χ0v) is 10.6. The van der Waals surface area contributed by atoms with Crippen LogP contribution in [0.3, 0.4) is 0 Å². The van der Waals surface area contributed by atoms with Crippen molar-refractivity contribution in [1.29, 1.82) is 0 Å². The Morgan fingerprint density at radius 1 is 1.24 bits per heavy atom. The van der Waals surface area contributed by atoms with Gasteiger partial charge in [-0.15, -0.1) is 0 Å². The maximum absolute atomic E-state index is 12.7. The fourth-order valence-corrected chi connectivity index (χ4v) is 2.88. The van der Waals surface area contributed by atoms with Gasteiger partial charge in [0, 0.05) is 31.8 Å². The van der Waals surface area contributed by atoms with E-state index in [4.69, 9.17) is 0 Å². The highest BCUT2D eigenvalue weighted by Crippen LogP contribution is 2.43. The molecule has 0 radical (unpaired) electrons. The number of rotatable bonds is 2. The summed E-state index contributed by atoms with van der Waals surface area (Å²) in [6.45, 7) is 5.91. The maximum atomic E-state index is 12.7. The molecule has 0 atom stereocenters. The van der Waals surface area contributed by atoms with Gasteiger partial charge in [0.15, 0.2) is 0 Å². The molecule has 0 N–H and O–H groups in total. The van der Waals surface area contributed by atoms with E-state index < -0.39 is 11.8 Å². The van der Waals surface area contributed by atoms with Crippen molar-refractivity contribution < 1.29 is 13.6 Å². The smallest absolute Gasteiger partial charge is 0.249 e. The van der Waals surface area contributed by atoms with Crippen LogP contribution in [-0.2, 0) is 4.79 Å². The summed E-state index contributed by atoms with van der Waals surface area (Å²) in [5.74, 6) is -1.71. The Balaban J connectivity index is 1.79. The number of carbonyl (C=O) groups is 1. The summed E-state index contributed by atoms with van der Waals surface area (Å²) in [4.78, 5) is 13.7. The number of piperidine rings is 1. The van der Waals surface area contributed by atoms with E-state index in [0.29, 0.717) is 11.8 Å². The summed E-state index contributed by atoms with van der Waals surface area (Å²) in [6.07, 6.45) is 1.56. The first kappa shape index (κ1) is 12.8.